The van der Waals surface area contributed by atoms with Crippen LogP contribution in [0.15, 0.2) is 0 Å². The molecule has 0 aromatic heterocycles. The van der Waals surface area contributed by atoms with Gasteiger partial charge in [-0.2, -0.15) is 0 Å². The number of rotatable bonds is 1. The Bertz CT molecular complexity index is 139. The summed E-state index contributed by atoms with van der Waals surface area (Å²) in [7, 11) is 0. The molecule has 0 aromatic carbocycles. The Morgan fingerprint density at radius 2 is 1.60 bits per heavy atom. The molecule has 0 amide bonds. The Hall–Kier alpha value is 1.39. The molecular formula is CH7AsO6Pb2. The van der Waals surface area contributed by atoms with Gasteiger partial charge in [-0.1, -0.05) is 0 Å². The number of carboxylic acid groups (broad SMARTS) is 1. The molecule has 0 rings (SSSR count). The average Bonchev–Trinajstić information content (AvgIpc) is 1.21. The Morgan fingerprint density at radius 3 is 1.60 bits per heavy atom. The van der Waals surface area contributed by atoms with E-state index in [4.69, 9.17) is 13.3 Å². The molecule has 0 bridgehead atoms. The molecule has 4 radical (unpaired) electrons. The summed E-state index contributed by atoms with van der Waals surface area (Å²) in [6.07, 6.45) is -1.96. The predicted molar refractivity (Wildman–Crippen MR) is 37.1 cm³/mol. The number of hydrogen-bond donors (Lipinski definition) is 3. The fourth-order valence-electron chi connectivity index (χ4n) is 0.102. The molecule has 6 nitrogen and oxygen atoms in total. The first-order valence-corrected chi connectivity index (χ1v) is 4.61. The second-order valence-electron chi connectivity index (χ2n) is 0.848. The van der Waals surface area contributed by atoms with Crippen LogP contribution in [0.4, 0.5) is 4.79 Å². The number of carbonyl (C=O) groups is 1. The van der Waals surface area contributed by atoms with Crippen LogP contribution in [0.1, 0.15) is 0 Å². The van der Waals surface area contributed by atoms with Crippen molar-refractivity contribution < 1.29 is 25.6 Å². The summed E-state index contributed by atoms with van der Waals surface area (Å²) >= 11 is -5.36. The van der Waals surface area contributed by atoms with Crippen LogP contribution >= 0.6 is 0 Å². The maximum atomic E-state index is 9.59. The van der Waals surface area contributed by atoms with Crippen LogP contribution in [0.5, 0.6) is 0 Å². The second-order valence-corrected chi connectivity index (χ2v) is 3.29. The van der Waals surface area contributed by atoms with Crippen molar-refractivity contribution in [3.63, 3.8) is 0 Å². The first-order valence-electron chi connectivity index (χ1n) is 1.40. The first-order chi connectivity index (χ1) is 3.42. The van der Waals surface area contributed by atoms with Crippen LogP contribution in [0, 0.1) is 0 Å². The maximum absolute atomic E-state index is 9.59. The van der Waals surface area contributed by atoms with Crippen molar-refractivity contribution in [2.45, 2.75) is 0 Å². The summed E-state index contributed by atoms with van der Waals surface area (Å²) in [5.74, 6) is 0. The molecule has 0 heterocycles. The van der Waals surface area contributed by atoms with Gasteiger partial charge in [-0.25, -0.2) is 0 Å². The Balaban J connectivity index is -0.000000245. The molecule has 0 aromatic rings. The van der Waals surface area contributed by atoms with Gasteiger partial charge in [0.05, 0.1) is 0 Å². The Kier molecular flexibility index (Phi) is 12.3. The summed E-state index contributed by atoms with van der Waals surface area (Å²) in [4.78, 5) is 9.32. The third-order valence-corrected chi connectivity index (χ3v) is 1.02. The van der Waals surface area contributed by atoms with E-state index in [2.05, 4.69) is 3.73 Å². The third kappa shape index (κ3) is 16.2. The zero-order valence-corrected chi connectivity index (χ0v) is 17.8. The zero-order valence-electron chi connectivity index (χ0n) is 4.93. The summed E-state index contributed by atoms with van der Waals surface area (Å²) < 4.78 is 28.2. The van der Waals surface area contributed by atoms with E-state index in [9.17, 15) is 8.53 Å². The van der Waals surface area contributed by atoms with Crippen LogP contribution < -0.4 is 0 Å². The van der Waals surface area contributed by atoms with Crippen molar-refractivity contribution in [2.24, 2.45) is 0 Å². The topological polar surface area (TPSA) is 104 Å². The fraction of sp³-hybridized carbons (Fsp3) is 0. The molecule has 0 saturated carbocycles. The number of hydrogen-bond acceptors (Lipinski definition) is 3. The molecule has 0 spiro atoms. The van der Waals surface area contributed by atoms with Gasteiger partial charge >= 0.3 is 101 Å². The van der Waals surface area contributed by atoms with Gasteiger partial charge in [0, 0.05) is 0 Å². The van der Waals surface area contributed by atoms with E-state index in [1.807, 2.05) is 0 Å². The Labute approximate surface area is 99.6 Å². The van der Waals surface area contributed by atoms with E-state index in [-0.39, 0.29) is 54.6 Å². The van der Waals surface area contributed by atoms with Crippen molar-refractivity contribution in [2.75, 3.05) is 0 Å². The summed E-state index contributed by atoms with van der Waals surface area (Å²) in [6, 6.07) is 0. The standard InChI is InChI=1S/CH3AsO6.2Pb.4H/c3-1(4)8-2(5,6)7;;;;;;/h(H,3,4)(H2,5,6,7);;;;;;. The van der Waals surface area contributed by atoms with Crippen LogP contribution in [0.25, 0.3) is 0 Å². The van der Waals surface area contributed by atoms with Gasteiger partial charge in [-0.05, 0) is 0 Å². The van der Waals surface area contributed by atoms with Gasteiger partial charge in [0.15, 0.2) is 0 Å². The molecule has 0 aliphatic rings. The normalized spacial score (nSPS) is 8.60. The minimum absolute atomic E-state index is 0. The minimum atomic E-state index is -5.36. The molecule has 3 N–H and O–H groups in total. The van der Waals surface area contributed by atoms with Crippen molar-refractivity contribution in [3.8, 4) is 0 Å². The van der Waals surface area contributed by atoms with Crippen molar-refractivity contribution in [1.29, 1.82) is 0 Å². The van der Waals surface area contributed by atoms with Crippen molar-refractivity contribution in [1.82, 2.24) is 0 Å². The quantitative estimate of drug-likeness (QED) is 0.271. The SMILES string of the molecule is O=C(O)O[As](=O)(O)O.[PbH2].[PbH2]. The molecular weight excluding hydrogens is 597 g/mol. The molecule has 0 unspecified atom stereocenters. The van der Waals surface area contributed by atoms with Gasteiger partial charge < -0.3 is 0 Å². The average molecular weight is 604 g/mol. The van der Waals surface area contributed by atoms with Crippen molar-refractivity contribution >= 4 is 75.3 Å². The molecule has 0 atom stereocenters. The van der Waals surface area contributed by atoms with Crippen LogP contribution in [0.2, 0.25) is 0 Å². The predicted octanol–water partition coefficient (Wildman–Crippen LogP) is -3.30. The van der Waals surface area contributed by atoms with Crippen LogP contribution in [-0.4, -0.2) is 88.6 Å². The van der Waals surface area contributed by atoms with Crippen molar-refractivity contribution in [3.05, 3.63) is 0 Å². The van der Waals surface area contributed by atoms with E-state index < -0.39 is 20.7 Å². The van der Waals surface area contributed by atoms with E-state index in [1.54, 1.807) is 0 Å². The Morgan fingerprint density at radius 1 is 1.30 bits per heavy atom. The fourth-order valence-corrected chi connectivity index (χ4v) is 0.529. The van der Waals surface area contributed by atoms with Gasteiger partial charge in [-0.3, -0.25) is 0 Å². The molecule has 0 fully saturated rings. The van der Waals surface area contributed by atoms with Gasteiger partial charge in [0.1, 0.15) is 0 Å². The van der Waals surface area contributed by atoms with E-state index in [0.29, 0.717) is 0 Å². The molecule has 9 heteroatoms. The first kappa shape index (κ1) is 17.5. The molecule has 0 saturated heterocycles. The summed E-state index contributed by atoms with van der Waals surface area (Å²) in [5, 5.41) is 7.55. The van der Waals surface area contributed by atoms with E-state index in [1.165, 1.54) is 0 Å². The van der Waals surface area contributed by atoms with Gasteiger partial charge in [0.2, 0.25) is 0 Å². The van der Waals surface area contributed by atoms with Gasteiger partial charge in [0.25, 0.3) is 0 Å². The molecule has 0 aliphatic carbocycles. The molecule has 0 aliphatic heterocycles. The summed E-state index contributed by atoms with van der Waals surface area (Å²) in [5.41, 5.74) is 0. The van der Waals surface area contributed by atoms with E-state index >= 15 is 0 Å². The third-order valence-electron chi connectivity index (χ3n) is 0.197. The van der Waals surface area contributed by atoms with Gasteiger partial charge in [-0.15, -0.1) is 0 Å². The molecule has 10 heavy (non-hydrogen) atoms. The molecule has 60 valence electrons. The van der Waals surface area contributed by atoms with E-state index in [0.717, 1.165) is 0 Å². The van der Waals surface area contributed by atoms with Crippen LogP contribution in [0.3, 0.4) is 0 Å². The zero-order chi connectivity index (χ0) is 6.78. The monoisotopic (exact) mass is 606 g/mol. The van der Waals surface area contributed by atoms with Crippen LogP contribution in [-0.2, 0) is 7.47 Å². The summed E-state index contributed by atoms with van der Waals surface area (Å²) in [6.45, 7) is 0. The second kappa shape index (κ2) is 7.06.